The third kappa shape index (κ3) is 3.30. The third-order valence-corrected chi connectivity index (χ3v) is 7.28. The molecule has 3 aromatic rings. The summed E-state index contributed by atoms with van der Waals surface area (Å²) in [5, 5.41) is 1.43. The predicted molar refractivity (Wildman–Crippen MR) is 108 cm³/mol. The van der Waals surface area contributed by atoms with Gasteiger partial charge in [-0.25, -0.2) is 13.4 Å². The number of nitrogens with one attached hydrogen (secondary N) is 1. The number of sulfone groups is 1. The number of rotatable bonds is 3. The van der Waals surface area contributed by atoms with Gasteiger partial charge >= 0.3 is 0 Å². The van der Waals surface area contributed by atoms with Gasteiger partial charge in [-0.15, -0.1) is 0 Å². The highest BCUT2D eigenvalue weighted by atomic mass is 35.5. The van der Waals surface area contributed by atoms with Gasteiger partial charge in [0.05, 0.1) is 16.0 Å². The van der Waals surface area contributed by atoms with Gasteiger partial charge in [0.15, 0.2) is 11.1 Å². The number of hydrogen-bond acceptors (Lipinski definition) is 3. The van der Waals surface area contributed by atoms with Gasteiger partial charge in [-0.2, -0.15) is 0 Å². The smallest absolute Gasteiger partial charge is 0.214 e. The molecule has 4 rings (SSSR count). The maximum Gasteiger partial charge on any atom is 0.214 e. The summed E-state index contributed by atoms with van der Waals surface area (Å²) in [7, 11) is -3.66. The number of piperidine rings is 1. The molecule has 1 aliphatic rings. The molecule has 2 heterocycles. The van der Waals surface area contributed by atoms with E-state index in [0.717, 1.165) is 42.4 Å². The van der Waals surface area contributed by atoms with Crippen LogP contribution in [0.4, 0.5) is 5.69 Å². The topological polar surface area (TPSA) is 51.5 Å². The Labute approximate surface area is 164 Å². The average molecular weight is 402 g/mol. The number of fused-ring (bicyclic) bond motifs is 1. The van der Waals surface area contributed by atoms with Crippen LogP contribution in [0.1, 0.15) is 26.2 Å². The van der Waals surface area contributed by atoms with Crippen molar-refractivity contribution in [2.24, 2.45) is 0 Å². The second-order valence-electron chi connectivity index (χ2n) is 7.05. The molecule has 1 atom stereocenters. The molecule has 6 heteroatoms. The molecule has 1 aliphatic heterocycles. The molecule has 0 radical (unpaired) electrons. The summed E-state index contributed by atoms with van der Waals surface area (Å²) in [6, 6.07) is 14.4. The van der Waals surface area contributed by atoms with E-state index in [4.69, 9.17) is 11.6 Å². The Morgan fingerprint density at radius 2 is 1.89 bits per heavy atom. The summed E-state index contributed by atoms with van der Waals surface area (Å²) in [5.74, 6) is 0. The molecule has 140 valence electrons. The van der Waals surface area contributed by atoms with E-state index in [9.17, 15) is 8.42 Å². The number of benzene rings is 2. The summed E-state index contributed by atoms with van der Waals surface area (Å²) in [6.45, 7) is 3.00. The van der Waals surface area contributed by atoms with Crippen molar-refractivity contribution in [3.05, 3.63) is 59.8 Å². The van der Waals surface area contributed by atoms with Crippen LogP contribution in [-0.2, 0) is 9.84 Å². The minimum absolute atomic E-state index is 0.271. The Balaban J connectivity index is 2.02. The molecule has 1 fully saturated rings. The summed E-state index contributed by atoms with van der Waals surface area (Å²) in [6.07, 6.45) is 4.88. The fourth-order valence-corrected chi connectivity index (χ4v) is 5.48. The van der Waals surface area contributed by atoms with Gasteiger partial charge in [0.25, 0.3) is 0 Å². The summed E-state index contributed by atoms with van der Waals surface area (Å²) >= 11 is 6.27. The number of pyridine rings is 1. The largest absolute Gasteiger partial charge is 0.367 e. The van der Waals surface area contributed by atoms with Crippen molar-refractivity contribution in [2.75, 3.05) is 11.4 Å². The Kier molecular flexibility index (Phi) is 4.82. The second-order valence-corrected chi connectivity index (χ2v) is 9.40. The van der Waals surface area contributed by atoms with Gasteiger partial charge < -0.3 is 4.90 Å². The average Bonchev–Trinajstić information content (AvgIpc) is 2.68. The fourth-order valence-electron chi connectivity index (χ4n) is 3.84. The third-order valence-electron chi connectivity index (χ3n) is 5.26. The summed E-state index contributed by atoms with van der Waals surface area (Å²) in [4.78, 5) is 5.98. The van der Waals surface area contributed by atoms with Crippen molar-refractivity contribution >= 4 is 38.0 Å². The van der Waals surface area contributed by atoms with Crippen LogP contribution >= 0.6 is 11.6 Å². The fraction of sp³-hybridized carbons (Fsp3) is 0.286. The molecule has 0 amide bonds. The number of H-pyrrole nitrogens is 1. The molecule has 1 saturated heterocycles. The van der Waals surface area contributed by atoms with Crippen molar-refractivity contribution in [1.29, 1.82) is 0 Å². The normalized spacial score (nSPS) is 18.0. The van der Waals surface area contributed by atoms with Crippen LogP contribution in [0.15, 0.2) is 64.5 Å². The molecule has 4 nitrogen and oxygen atoms in total. The van der Waals surface area contributed by atoms with E-state index in [1.54, 1.807) is 30.5 Å². The first kappa shape index (κ1) is 18.3. The van der Waals surface area contributed by atoms with Gasteiger partial charge in [-0.1, -0.05) is 29.8 Å². The Morgan fingerprint density at radius 3 is 2.63 bits per heavy atom. The Hall–Kier alpha value is -2.11. The van der Waals surface area contributed by atoms with Gasteiger partial charge in [0.1, 0.15) is 0 Å². The number of nitrogens with zero attached hydrogens (tertiary/aromatic N) is 1. The zero-order chi connectivity index (χ0) is 19.0. The highest BCUT2D eigenvalue weighted by Crippen LogP contribution is 2.38. The SMILES string of the molecule is C[C@H]1CCCCN1c1c(S(=O)(=O)c2ccccc2)c[nH+]c2ccc(Cl)cc12. The highest BCUT2D eigenvalue weighted by molar-refractivity contribution is 7.91. The number of halogens is 1. The van der Waals surface area contributed by atoms with Crippen molar-refractivity contribution in [3.63, 3.8) is 0 Å². The van der Waals surface area contributed by atoms with Crippen molar-refractivity contribution < 1.29 is 13.4 Å². The number of hydrogen-bond donors (Lipinski definition) is 0. The van der Waals surface area contributed by atoms with E-state index in [-0.39, 0.29) is 6.04 Å². The van der Waals surface area contributed by atoms with Crippen LogP contribution in [0, 0.1) is 0 Å². The second kappa shape index (κ2) is 7.13. The lowest BCUT2D eigenvalue weighted by molar-refractivity contribution is -0.347. The van der Waals surface area contributed by atoms with Crippen molar-refractivity contribution in [1.82, 2.24) is 0 Å². The van der Waals surface area contributed by atoms with Crippen molar-refractivity contribution in [2.45, 2.75) is 42.0 Å². The lowest BCUT2D eigenvalue weighted by Crippen LogP contribution is -2.38. The molecular formula is C21H22ClN2O2S+. The molecular weight excluding hydrogens is 380 g/mol. The zero-order valence-corrected chi connectivity index (χ0v) is 16.7. The van der Waals surface area contributed by atoms with Crippen LogP contribution < -0.4 is 9.88 Å². The van der Waals surface area contributed by atoms with Crippen LogP contribution in [0.3, 0.4) is 0 Å². The lowest BCUT2D eigenvalue weighted by atomic mass is 10.0. The number of aromatic amines is 1. The van der Waals surface area contributed by atoms with Crippen LogP contribution in [0.25, 0.3) is 10.9 Å². The summed E-state index contributed by atoms with van der Waals surface area (Å²) in [5.41, 5.74) is 1.63. The van der Waals surface area contributed by atoms with Crippen molar-refractivity contribution in [3.8, 4) is 0 Å². The Morgan fingerprint density at radius 1 is 1.11 bits per heavy atom. The maximum absolute atomic E-state index is 13.5. The summed E-state index contributed by atoms with van der Waals surface area (Å²) < 4.78 is 26.9. The predicted octanol–water partition coefficient (Wildman–Crippen LogP) is 4.52. The molecule has 1 aromatic heterocycles. The minimum Gasteiger partial charge on any atom is -0.367 e. The minimum atomic E-state index is -3.66. The maximum atomic E-state index is 13.5. The molecule has 0 bridgehead atoms. The quantitative estimate of drug-likeness (QED) is 0.648. The zero-order valence-electron chi connectivity index (χ0n) is 15.2. The van der Waals surface area contributed by atoms with E-state index >= 15 is 0 Å². The molecule has 0 aliphatic carbocycles. The first-order valence-electron chi connectivity index (χ1n) is 9.19. The Bertz CT molecular complexity index is 1080. The van der Waals surface area contributed by atoms with Gasteiger partial charge in [0, 0.05) is 23.7 Å². The van der Waals surface area contributed by atoms with E-state index in [1.807, 2.05) is 24.3 Å². The van der Waals surface area contributed by atoms with E-state index in [0.29, 0.717) is 14.8 Å². The molecule has 0 saturated carbocycles. The van der Waals surface area contributed by atoms with E-state index < -0.39 is 9.84 Å². The molecule has 0 spiro atoms. The van der Waals surface area contributed by atoms with Gasteiger partial charge in [-0.05, 0) is 50.5 Å². The van der Waals surface area contributed by atoms with Gasteiger partial charge in [0.2, 0.25) is 15.4 Å². The van der Waals surface area contributed by atoms with Crippen LogP contribution in [-0.4, -0.2) is 21.0 Å². The molecule has 1 N–H and O–H groups in total. The first-order valence-corrected chi connectivity index (χ1v) is 11.1. The lowest BCUT2D eigenvalue weighted by Gasteiger charge is -2.36. The molecule has 0 unspecified atom stereocenters. The van der Waals surface area contributed by atoms with Gasteiger partial charge in [-0.3, -0.25) is 0 Å². The van der Waals surface area contributed by atoms with E-state index in [1.165, 1.54) is 0 Å². The standard InChI is InChI=1S/C21H21ClN2O2S/c1-15-7-5-6-12-24(15)21-18-13-16(22)10-11-19(18)23-14-20(21)27(25,26)17-8-3-2-4-9-17/h2-4,8-11,13-15H,5-7,12H2,1H3/p+1/t15-/m0/s1. The van der Waals surface area contributed by atoms with Crippen LogP contribution in [0.2, 0.25) is 5.02 Å². The monoisotopic (exact) mass is 401 g/mol. The molecule has 27 heavy (non-hydrogen) atoms. The van der Waals surface area contributed by atoms with E-state index in [2.05, 4.69) is 16.8 Å². The number of anilines is 1. The molecule has 2 aromatic carbocycles. The van der Waals surface area contributed by atoms with Crippen LogP contribution in [0.5, 0.6) is 0 Å². The highest BCUT2D eigenvalue weighted by Gasteiger charge is 2.32. The number of aromatic nitrogens is 1. The first-order chi connectivity index (χ1) is 13.0.